The van der Waals surface area contributed by atoms with Crippen molar-refractivity contribution < 1.29 is 0 Å². The van der Waals surface area contributed by atoms with E-state index < -0.39 is 0 Å². The van der Waals surface area contributed by atoms with Crippen LogP contribution in [0.5, 0.6) is 0 Å². The molecule has 0 heterocycles. The summed E-state index contributed by atoms with van der Waals surface area (Å²) in [6.07, 6.45) is 1.13. The van der Waals surface area contributed by atoms with Crippen LogP contribution >= 0.6 is 27.5 Å². The summed E-state index contributed by atoms with van der Waals surface area (Å²) in [6, 6.07) is 8.19. The Hall–Kier alpha value is -0.0100. The second-order valence-electron chi connectivity index (χ2n) is 4.26. The molecule has 0 saturated heterocycles. The molecule has 0 radical (unpaired) electrons. The van der Waals surface area contributed by atoms with Crippen LogP contribution in [0.1, 0.15) is 38.7 Å². The molecular weight excluding hydrogens is 272 g/mol. The normalized spacial score (nSPS) is 15.3. The molecule has 0 fully saturated rings. The van der Waals surface area contributed by atoms with Gasteiger partial charge in [0.25, 0.3) is 0 Å². The standard InChI is InChI=1S/C13H18BrCl/c1-4-12(13(14)9(2)3)10-6-5-7-11(15)8-10/h5-9,12-13H,4H2,1-3H3. The molecule has 0 aliphatic rings. The molecular formula is C13H18BrCl. The molecule has 84 valence electrons. The summed E-state index contributed by atoms with van der Waals surface area (Å²) < 4.78 is 0. The lowest BCUT2D eigenvalue weighted by atomic mass is 9.88. The van der Waals surface area contributed by atoms with E-state index in [0.717, 1.165) is 11.4 Å². The van der Waals surface area contributed by atoms with Crippen molar-refractivity contribution in [1.29, 1.82) is 0 Å². The first-order chi connectivity index (χ1) is 7.06. The van der Waals surface area contributed by atoms with Crippen LogP contribution in [-0.4, -0.2) is 4.83 Å². The molecule has 2 atom stereocenters. The lowest BCUT2D eigenvalue weighted by molar-refractivity contribution is 0.514. The molecule has 1 aromatic carbocycles. The van der Waals surface area contributed by atoms with Gasteiger partial charge in [0, 0.05) is 9.85 Å². The van der Waals surface area contributed by atoms with Gasteiger partial charge in [0.15, 0.2) is 0 Å². The molecule has 15 heavy (non-hydrogen) atoms. The number of hydrogen-bond donors (Lipinski definition) is 0. The molecule has 0 saturated carbocycles. The summed E-state index contributed by atoms with van der Waals surface area (Å²) in [5.41, 5.74) is 1.33. The molecule has 0 bridgehead atoms. The SMILES string of the molecule is CCC(c1cccc(Cl)c1)C(Br)C(C)C. The summed E-state index contributed by atoms with van der Waals surface area (Å²) in [7, 11) is 0. The van der Waals surface area contributed by atoms with Gasteiger partial charge in [-0.2, -0.15) is 0 Å². The molecule has 2 unspecified atom stereocenters. The van der Waals surface area contributed by atoms with E-state index in [1.165, 1.54) is 5.56 Å². The van der Waals surface area contributed by atoms with Gasteiger partial charge < -0.3 is 0 Å². The maximum atomic E-state index is 6.01. The molecule has 0 aromatic heterocycles. The third-order valence-electron chi connectivity index (χ3n) is 2.74. The highest BCUT2D eigenvalue weighted by molar-refractivity contribution is 9.09. The van der Waals surface area contributed by atoms with Crippen LogP contribution in [0.3, 0.4) is 0 Å². The van der Waals surface area contributed by atoms with Gasteiger partial charge in [0.1, 0.15) is 0 Å². The summed E-state index contributed by atoms with van der Waals surface area (Å²) in [6.45, 7) is 6.71. The second kappa shape index (κ2) is 5.91. The monoisotopic (exact) mass is 288 g/mol. The van der Waals surface area contributed by atoms with E-state index in [1.807, 2.05) is 12.1 Å². The lowest BCUT2D eigenvalue weighted by Gasteiger charge is -2.24. The summed E-state index contributed by atoms with van der Waals surface area (Å²) in [5.74, 6) is 1.18. The zero-order chi connectivity index (χ0) is 11.4. The van der Waals surface area contributed by atoms with Crippen molar-refractivity contribution in [2.24, 2.45) is 5.92 Å². The molecule has 0 N–H and O–H groups in total. The van der Waals surface area contributed by atoms with Gasteiger partial charge in [-0.05, 0) is 36.0 Å². The Morgan fingerprint density at radius 3 is 2.47 bits per heavy atom. The van der Waals surface area contributed by atoms with E-state index >= 15 is 0 Å². The highest BCUT2D eigenvalue weighted by Gasteiger charge is 2.21. The third-order valence-corrected chi connectivity index (χ3v) is 4.67. The van der Waals surface area contributed by atoms with Crippen LogP contribution in [0.25, 0.3) is 0 Å². The number of hydrogen-bond acceptors (Lipinski definition) is 0. The van der Waals surface area contributed by atoms with Crippen LogP contribution < -0.4 is 0 Å². The first-order valence-corrected chi connectivity index (χ1v) is 6.75. The second-order valence-corrected chi connectivity index (χ2v) is 5.75. The molecule has 1 rings (SSSR count). The third kappa shape index (κ3) is 3.49. The van der Waals surface area contributed by atoms with E-state index in [2.05, 4.69) is 48.8 Å². The Kier molecular flexibility index (Phi) is 5.14. The fourth-order valence-corrected chi connectivity index (χ4v) is 2.72. The first kappa shape index (κ1) is 13.1. The number of rotatable bonds is 4. The zero-order valence-corrected chi connectivity index (χ0v) is 11.8. The first-order valence-electron chi connectivity index (χ1n) is 5.45. The average molecular weight is 290 g/mol. The van der Waals surface area contributed by atoms with Gasteiger partial charge in [-0.1, -0.05) is 60.4 Å². The van der Waals surface area contributed by atoms with Crippen molar-refractivity contribution in [2.45, 2.75) is 37.9 Å². The highest BCUT2D eigenvalue weighted by Crippen LogP contribution is 2.33. The van der Waals surface area contributed by atoms with Gasteiger partial charge in [-0.25, -0.2) is 0 Å². The van der Waals surface area contributed by atoms with Crippen LogP contribution in [0, 0.1) is 5.92 Å². The molecule has 0 spiro atoms. The van der Waals surface area contributed by atoms with Crippen molar-refractivity contribution in [2.75, 3.05) is 0 Å². The molecule has 0 aliphatic carbocycles. The van der Waals surface area contributed by atoms with Crippen molar-refractivity contribution >= 4 is 27.5 Å². The van der Waals surface area contributed by atoms with Gasteiger partial charge >= 0.3 is 0 Å². The number of benzene rings is 1. The fourth-order valence-electron chi connectivity index (χ4n) is 1.85. The lowest BCUT2D eigenvalue weighted by Crippen LogP contribution is -2.17. The summed E-state index contributed by atoms with van der Waals surface area (Å²) >= 11 is 9.80. The van der Waals surface area contributed by atoms with Crippen LogP contribution in [0.4, 0.5) is 0 Å². The predicted octanol–water partition coefficient (Wildman–Crippen LogP) is 5.25. The van der Waals surface area contributed by atoms with Crippen molar-refractivity contribution in [3.05, 3.63) is 34.9 Å². The molecule has 1 aromatic rings. The van der Waals surface area contributed by atoms with E-state index in [0.29, 0.717) is 16.7 Å². The maximum Gasteiger partial charge on any atom is 0.0408 e. The molecule has 2 heteroatoms. The largest absolute Gasteiger partial charge is 0.0881 e. The minimum atomic E-state index is 0.515. The van der Waals surface area contributed by atoms with Gasteiger partial charge in [0.2, 0.25) is 0 Å². The van der Waals surface area contributed by atoms with Crippen molar-refractivity contribution in [3.8, 4) is 0 Å². The van der Waals surface area contributed by atoms with Gasteiger partial charge in [0.05, 0.1) is 0 Å². The van der Waals surface area contributed by atoms with Crippen LogP contribution in [0.2, 0.25) is 5.02 Å². The van der Waals surface area contributed by atoms with Crippen LogP contribution in [-0.2, 0) is 0 Å². The Labute approximate surface area is 106 Å². The summed E-state index contributed by atoms with van der Waals surface area (Å²) in [5, 5.41) is 0.828. The van der Waals surface area contributed by atoms with E-state index in [-0.39, 0.29) is 0 Å². The number of alkyl halides is 1. The van der Waals surface area contributed by atoms with E-state index in [1.54, 1.807) is 0 Å². The molecule has 0 aliphatic heterocycles. The Bertz CT molecular complexity index is 309. The van der Waals surface area contributed by atoms with E-state index in [4.69, 9.17) is 11.6 Å². The minimum Gasteiger partial charge on any atom is -0.0881 e. The van der Waals surface area contributed by atoms with Gasteiger partial charge in [-0.15, -0.1) is 0 Å². The van der Waals surface area contributed by atoms with Gasteiger partial charge in [-0.3, -0.25) is 0 Å². The highest BCUT2D eigenvalue weighted by atomic mass is 79.9. The smallest absolute Gasteiger partial charge is 0.0408 e. The van der Waals surface area contributed by atoms with Crippen molar-refractivity contribution in [3.63, 3.8) is 0 Å². The zero-order valence-electron chi connectivity index (χ0n) is 9.50. The Morgan fingerprint density at radius 1 is 1.33 bits per heavy atom. The Morgan fingerprint density at radius 2 is 2.00 bits per heavy atom. The maximum absolute atomic E-state index is 6.01. The Balaban J connectivity index is 2.92. The van der Waals surface area contributed by atoms with Crippen molar-refractivity contribution in [1.82, 2.24) is 0 Å². The average Bonchev–Trinajstić information content (AvgIpc) is 2.18. The summed E-state index contributed by atoms with van der Waals surface area (Å²) in [4.78, 5) is 0.515. The quantitative estimate of drug-likeness (QED) is 0.664. The van der Waals surface area contributed by atoms with Crippen LogP contribution in [0.15, 0.2) is 24.3 Å². The number of halogens is 2. The van der Waals surface area contributed by atoms with E-state index in [9.17, 15) is 0 Å². The molecule has 0 nitrogen and oxygen atoms in total. The predicted molar refractivity (Wildman–Crippen MR) is 72.0 cm³/mol. The topological polar surface area (TPSA) is 0 Å². The fraction of sp³-hybridized carbons (Fsp3) is 0.538. The minimum absolute atomic E-state index is 0.515. The molecule has 0 amide bonds.